The summed E-state index contributed by atoms with van der Waals surface area (Å²) in [6.45, 7) is 5.29. The fraction of sp³-hybridized carbons (Fsp3) is 0.320. The lowest BCUT2D eigenvalue weighted by atomic mass is 9.93. The van der Waals surface area contributed by atoms with E-state index in [1.54, 1.807) is 20.8 Å². The number of halogens is 3. The number of benzene rings is 2. The summed E-state index contributed by atoms with van der Waals surface area (Å²) in [5.41, 5.74) is -0.00979. The van der Waals surface area contributed by atoms with Gasteiger partial charge in [-0.25, -0.2) is 18.4 Å². The first kappa shape index (κ1) is 25.4. The second kappa shape index (κ2) is 9.42. The van der Waals surface area contributed by atoms with Crippen LogP contribution in [0.4, 0.5) is 24.1 Å². The number of urea groups is 1. The number of fused-ring (bicyclic) bond motifs is 3. The summed E-state index contributed by atoms with van der Waals surface area (Å²) in [5, 5.41) is 3.10. The van der Waals surface area contributed by atoms with Crippen LogP contribution in [0.5, 0.6) is 0 Å². The van der Waals surface area contributed by atoms with Gasteiger partial charge in [-0.1, -0.05) is 17.7 Å². The van der Waals surface area contributed by atoms with Crippen molar-refractivity contribution in [3.8, 4) is 0 Å². The van der Waals surface area contributed by atoms with Gasteiger partial charge in [0.15, 0.2) is 0 Å². The number of ether oxygens (including phenoxy) is 1. The van der Waals surface area contributed by atoms with Crippen molar-refractivity contribution in [2.45, 2.75) is 39.0 Å². The second-order valence-corrected chi connectivity index (χ2v) is 9.99. The van der Waals surface area contributed by atoms with Gasteiger partial charge >= 0.3 is 12.1 Å². The minimum atomic E-state index is -0.758. The SMILES string of the molecule is CN(C(=O)Nc1ccc(F)c(Cl)c1)C1CN(C(=O)OC(C)(C)C)Cc2[nH]c(=O)c3cc(F)ccc3c21. The number of H-pyrrole nitrogens is 1. The summed E-state index contributed by atoms with van der Waals surface area (Å²) in [5.74, 6) is -1.20. The Kier molecular flexibility index (Phi) is 6.66. The summed E-state index contributed by atoms with van der Waals surface area (Å²) >= 11 is 5.83. The van der Waals surface area contributed by atoms with Crippen LogP contribution in [0.2, 0.25) is 5.02 Å². The summed E-state index contributed by atoms with van der Waals surface area (Å²) in [4.78, 5) is 44.3. The number of carbonyl (C=O) groups is 2. The Balaban J connectivity index is 1.76. The van der Waals surface area contributed by atoms with E-state index in [-0.39, 0.29) is 29.2 Å². The normalized spacial score (nSPS) is 15.4. The van der Waals surface area contributed by atoms with Crippen molar-refractivity contribution in [3.63, 3.8) is 0 Å². The molecule has 1 aliphatic heterocycles. The van der Waals surface area contributed by atoms with Crippen LogP contribution < -0.4 is 10.9 Å². The third-order valence-corrected chi connectivity index (χ3v) is 6.08. The standard InChI is InChI=1S/C25H25ClF2N4O4/c1-25(2,3)36-24(35)32-11-19-21(15-7-5-13(27)9-16(15)22(33)30-19)20(12-32)31(4)23(34)29-14-6-8-18(28)17(26)10-14/h5-10,20H,11-12H2,1-4H3,(H,29,34)(H,30,33). The number of likely N-dealkylation sites (N-methyl/N-ethyl adjacent to an activating group) is 1. The Labute approximate surface area is 210 Å². The van der Waals surface area contributed by atoms with E-state index in [4.69, 9.17) is 16.3 Å². The zero-order chi connectivity index (χ0) is 26.4. The third-order valence-electron chi connectivity index (χ3n) is 5.79. The Morgan fingerprint density at radius 3 is 2.56 bits per heavy atom. The van der Waals surface area contributed by atoms with E-state index in [2.05, 4.69) is 10.3 Å². The summed E-state index contributed by atoms with van der Waals surface area (Å²) in [6.07, 6.45) is -0.614. The molecule has 0 bridgehead atoms. The van der Waals surface area contributed by atoms with Gasteiger partial charge in [-0.05, 0) is 56.5 Å². The van der Waals surface area contributed by atoms with Crippen molar-refractivity contribution in [3.05, 3.63) is 74.7 Å². The van der Waals surface area contributed by atoms with E-state index in [1.807, 2.05) is 0 Å². The molecule has 0 saturated heterocycles. The van der Waals surface area contributed by atoms with Crippen LogP contribution in [-0.4, -0.2) is 46.1 Å². The molecular weight excluding hydrogens is 494 g/mol. The maximum Gasteiger partial charge on any atom is 0.410 e. The van der Waals surface area contributed by atoms with E-state index in [0.717, 1.165) is 12.1 Å². The largest absolute Gasteiger partial charge is 0.444 e. The average molecular weight is 519 g/mol. The minimum absolute atomic E-state index is 0.0341. The lowest BCUT2D eigenvalue weighted by Crippen LogP contribution is -2.48. The molecule has 3 amide bonds. The first-order chi connectivity index (χ1) is 16.8. The first-order valence-corrected chi connectivity index (χ1v) is 11.5. The van der Waals surface area contributed by atoms with E-state index in [1.165, 1.54) is 41.1 Å². The predicted molar refractivity (Wildman–Crippen MR) is 132 cm³/mol. The van der Waals surface area contributed by atoms with Gasteiger partial charge in [0.2, 0.25) is 0 Å². The van der Waals surface area contributed by atoms with Gasteiger partial charge in [-0.3, -0.25) is 9.69 Å². The van der Waals surface area contributed by atoms with Crippen molar-refractivity contribution in [1.82, 2.24) is 14.8 Å². The molecule has 0 fully saturated rings. The van der Waals surface area contributed by atoms with Crippen LogP contribution in [0.3, 0.4) is 0 Å². The Morgan fingerprint density at radius 2 is 1.89 bits per heavy atom. The quantitative estimate of drug-likeness (QED) is 0.474. The summed E-state index contributed by atoms with van der Waals surface area (Å²) in [6, 6.07) is 6.32. The highest BCUT2D eigenvalue weighted by Gasteiger charge is 2.36. The van der Waals surface area contributed by atoms with Gasteiger partial charge in [-0.2, -0.15) is 0 Å². The topological polar surface area (TPSA) is 94.7 Å². The van der Waals surface area contributed by atoms with Crippen molar-refractivity contribution in [1.29, 1.82) is 0 Å². The number of hydrogen-bond donors (Lipinski definition) is 2. The van der Waals surface area contributed by atoms with Crippen molar-refractivity contribution in [2.75, 3.05) is 18.9 Å². The molecule has 11 heteroatoms. The molecule has 2 heterocycles. The molecule has 8 nitrogen and oxygen atoms in total. The van der Waals surface area contributed by atoms with E-state index in [9.17, 15) is 23.2 Å². The molecule has 0 saturated carbocycles. The van der Waals surface area contributed by atoms with E-state index < -0.39 is 41.0 Å². The molecule has 0 aliphatic carbocycles. The van der Waals surface area contributed by atoms with E-state index in [0.29, 0.717) is 16.6 Å². The van der Waals surface area contributed by atoms with Crippen LogP contribution in [-0.2, 0) is 11.3 Å². The summed E-state index contributed by atoms with van der Waals surface area (Å²) in [7, 11) is 1.52. The lowest BCUT2D eigenvalue weighted by molar-refractivity contribution is 0.0163. The fourth-order valence-corrected chi connectivity index (χ4v) is 4.32. The maximum absolute atomic E-state index is 13.9. The van der Waals surface area contributed by atoms with Crippen LogP contribution >= 0.6 is 11.6 Å². The number of hydrogen-bond acceptors (Lipinski definition) is 4. The Hall–Kier alpha value is -3.66. The van der Waals surface area contributed by atoms with Gasteiger partial charge in [0.05, 0.1) is 23.0 Å². The number of carbonyl (C=O) groups excluding carboxylic acids is 2. The Morgan fingerprint density at radius 1 is 1.17 bits per heavy atom. The summed E-state index contributed by atoms with van der Waals surface area (Å²) < 4.78 is 33.0. The number of rotatable bonds is 2. The molecule has 3 aromatic rings. The van der Waals surface area contributed by atoms with Crippen LogP contribution in [0.25, 0.3) is 10.8 Å². The number of anilines is 1. The number of aromatic nitrogens is 1. The molecule has 1 aliphatic rings. The molecular formula is C25H25ClF2N4O4. The van der Waals surface area contributed by atoms with Crippen LogP contribution in [0, 0.1) is 11.6 Å². The molecule has 2 N–H and O–H groups in total. The predicted octanol–water partition coefficient (Wildman–Crippen LogP) is 5.42. The highest BCUT2D eigenvalue weighted by Crippen LogP contribution is 2.35. The maximum atomic E-state index is 13.9. The monoisotopic (exact) mass is 518 g/mol. The van der Waals surface area contributed by atoms with Gasteiger partial charge in [-0.15, -0.1) is 0 Å². The number of pyridine rings is 1. The smallest absolute Gasteiger partial charge is 0.410 e. The second-order valence-electron chi connectivity index (χ2n) is 9.58. The molecule has 2 aromatic carbocycles. The lowest BCUT2D eigenvalue weighted by Gasteiger charge is -2.39. The Bertz CT molecular complexity index is 1420. The van der Waals surface area contributed by atoms with Crippen LogP contribution in [0.15, 0.2) is 41.2 Å². The zero-order valence-corrected chi connectivity index (χ0v) is 20.9. The fourth-order valence-electron chi connectivity index (χ4n) is 4.14. The van der Waals surface area contributed by atoms with Gasteiger partial charge in [0.25, 0.3) is 5.56 Å². The molecule has 1 atom stereocenters. The molecule has 1 unspecified atom stereocenters. The molecule has 0 radical (unpaired) electrons. The zero-order valence-electron chi connectivity index (χ0n) is 20.1. The van der Waals surface area contributed by atoms with Gasteiger partial charge in [0.1, 0.15) is 17.2 Å². The molecule has 36 heavy (non-hydrogen) atoms. The molecule has 190 valence electrons. The molecule has 1 aromatic heterocycles. The van der Waals surface area contributed by atoms with E-state index >= 15 is 0 Å². The molecule has 0 spiro atoms. The van der Waals surface area contributed by atoms with Crippen LogP contribution in [0.1, 0.15) is 38.1 Å². The van der Waals surface area contributed by atoms with Crippen molar-refractivity contribution < 1.29 is 23.1 Å². The first-order valence-electron chi connectivity index (χ1n) is 11.1. The van der Waals surface area contributed by atoms with Gasteiger partial charge in [0, 0.05) is 30.5 Å². The average Bonchev–Trinajstić information content (AvgIpc) is 2.79. The number of amides is 3. The number of nitrogens with zero attached hydrogens (tertiary/aromatic N) is 2. The third kappa shape index (κ3) is 5.13. The highest BCUT2D eigenvalue weighted by atomic mass is 35.5. The molecule has 4 rings (SSSR count). The van der Waals surface area contributed by atoms with Crippen molar-refractivity contribution >= 4 is 40.2 Å². The number of nitrogens with one attached hydrogen (secondary N) is 2. The minimum Gasteiger partial charge on any atom is -0.444 e. The van der Waals surface area contributed by atoms with Crippen molar-refractivity contribution in [2.24, 2.45) is 0 Å². The number of aromatic amines is 1. The highest BCUT2D eigenvalue weighted by molar-refractivity contribution is 6.31. The van der Waals surface area contributed by atoms with Gasteiger partial charge < -0.3 is 19.9 Å².